The van der Waals surface area contributed by atoms with Crippen molar-refractivity contribution in [2.75, 3.05) is 33.4 Å². The normalized spacial score (nSPS) is 18.8. The minimum Gasteiger partial charge on any atom is -0.496 e. The summed E-state index contributed by atoms with van der Waals surface area (Å²) in [6, 6.07) is 4.03. The van der Waals surface area contributed by atoms with Crippen LogP contribution in [0.2, 0.25) is 0 Å². The highest BCUT2D eigenvalue weighted by molar-refractivity contribution is 5.51. The van der Waals surface area contributed by atoms with Crippen LogP contribution in [-0.4, -0.2) is 53.5 Å². The van der Waals surface area contributed by atoms with Crippen molar-refractivity contribution in [2.24, 2.45) is 0 Å². The molecule has 1 saturated heterocycles. The van der Waals surface area contributed by atoms with E-state index in [9.17, 15) is 0 Å². The lowest BCUT2D eigenvalue weighted by molar-refractivity contribution is 0.199. The number of H-pyrrole nitrogens is 1. The Bertz CT molecular complexity index is 697. The first kappa shape index (κ1) is 16.2. The monoisotopic (exact) mass is 344 g/mol. The van der Waals surface area contributed by atoms with E-state index in [1.165, 1.54) is 0 Å². The number of fused-ring (bicyclic) bond motifs is 1. The fourth-order valence-electron chi connectivity index (χ4n) is 3.56. The third-order valence-electron chi connectivity index (χ3n) is 4.95. The molecule has 2 aromatic rings. The predicted octanol–water partition coefficient (Wildman–Crippen LogP) is 2.35. The molecule has 2 aliphatic rings. The minimum absolute atomic E-state index is 0.476. The SMILES string of the molecule is COc1cc2c(cc1CN1CCC(c3ncn[nH]3)CC1)OCCCO2. The number of aromatic nitrogens is 3. The molecule has 134 valence electrons. The molecule has 0 unspecified atom stereocenters. The van der Waals surface area contributed by atoms with Crippen LogP contribution in [0.15, 0.2) is 18.5 Å². The number of likely N-dealkylation sites (tertiary alicyclic amines) is 1. The number of benzene rings is 1. The molecule has 0 aliphatic carbocycles. The maximum absolute atomic E-state index is 5.83. The Morgan fingerprint density at radius 1 is 1.20 bits per heavy atom. The summed E-state index contributed by atoms with van der Waals surface area (Å²) >= 11 is 0. The number of hydrogen-bond donors (Lipinski definition) is 1. The molecule has 0 saturated carbocycles. The average molecular weight is 344 g/mol. The molecule has 1 N–H and O–H groups in total. The number of methoxy groups -OCH3 is 1. The molecule has 7 nitrogen and oxygen atoms in total. The van der Waals surface area contributed by atoms with Crippen molar-refractivity contribution in [1.29, 1.82) is 0 Å². The van der Waals surface area contributed by atoms with Gasteiger partial charge in [0.1, 0.15) is 17.9 Å². The highest BCUT2D eigenvalue weighted by Gasteiger charge is 2.24. The summed E-state index contributed by atoms with van der Waals surface area (Å²) in [6.07, 6.45) is 4.66. The number of hydrogen-bond acceptors (Lipinski definition) is 6. The van der Waals surface area contributed by atoms with E-state index in [1.807, 2.05) is 6.07 Å². The summed E-state index contributed by atoms with van der Waals surface area (Å²) in [4.78, 5) is 6.75. The van der Waals surface area contributed by atoms with Gasteiger partial charge in [0.15, 0.2) is 11.5 Å². The van der Waals surface area contributed by atoms with Crippen LogP contribution in [-0.2, 0) is 6.54 Å². The van der Waals surface area contributed by atoms with Gasteiger partial charge in [0.2, 0.25) is 0 Å². The second-order valence-corrected chi connectivity index (χ2v) is 6.58. The molecule has 25 heavy (non-hydrogen) atoms. The van der Waals surface area contributed by atoms with Crippen LogP contribution in [0.1, 0.15) is 36.6 Å². The molecule has 2 aliphatic heterocycles. The highest BCUT2D eigenvalue weighted by Crippen LogP contribution is 2.37. The second-order valence-electron chi connectivity index (χ2n) is 6.58. The number of ether oxygens (including phenoxy) is 3. The fraction of sp³-hybridized carbons (Fsp3) is 0.556. The fourth-order valence-corrected chi connectivity index (χ4v) is 3.56. The van der Waals surface area contributed by atoms with Crippen molar-refractivity contribution in [3.8, 4) is 17.2 Å². The third-order valence-corrected chi connectivity index (χ3v) is 4.95. The van der Waals surface area contributed by atoms with Gasteiger partial charge in [-0.2, -0.15) is 5.10 Å². The second kappa shape index (κ2) is 7.31. The van der Waals surface area contributed by atoms with Crippen molar-refractivity contribution in [3.05, 3.63) is 29.8 Å². The molecule has 4 rings (SSSR count). The first-order chi connectivity index (χ1) is 12.3. The van der Waals surface area contributed by atoms with E-state index in [1.54, 1.807) is 13.4 Å². The van der Waals surface area contributed by atoms with Crippen molar-refractivity contribution in [3.63, 3.8) is 0 Å². The Kier molecular flexibility index (Phi) is 4.74. The molecular formula is C18H24N4O3. The summed E-state index contributed by atoms with van der Waals surface area (Å²) in [7, 11) is 1.71. The number of nitrogens with zero attached hydrogens (tertiary/aromatic N) is 3. The van der Waals surface area contributed by atoms with E-state index in [0.29, 0.717) is 19.1 Å². The maximum Gasteiger partial charge on any atom is 0.164 e. The van der Waals surface area contributed by atoms with Gasteiger partial charge in [0.05, 0.1) is 20.3 Å². The number of aromatic amines is 1. The topological polar surface area (TPSA) is 72.5 Å². The summed E-state index contributed by atoms with van der Waals surface area (Å²) in [6.45, 7) is 4.29. The summed E-state index contributed by atoms with van der Waals surface area (Å²) in [5, 5.41) is 6.96. The molecule has 0 amide bonds. The summed E-state index contributed by atoms with van der Waals surface area (Å²) < 4.78 is 17.2. The first-order valence-corrected chi connectivity index (χ1v) is 8.87. The zero-order chi connectivity index (χ0) is 17.1. The van der Waals surface area contributed by atoms with Gasteiger partial charge in [0.25, 0.3) is 0 Å². The number of nitrogens with one attached hydrogen (secondary N) is 1. The molecule has 0 spiro atoms. The van der Waals surface area contributed by atoms with Gasteiger partial charge >= 0.3 is 0 Å². The Hall–Kier alpha value is -2.28. The lowest BCUT2D eigenvalue weighted by Gasteiger charge is -2.31. The van der Waals surface area contributed by atoms with Crippen LogP contribution in [0, 0.1) is 0 Å². The van der Waals surface area contributed by atoms with E-state index in [-0.39, 0.29) is 0 Å². The zero-order valence-electron chi connectivity index (χ0n) is 14.5. The first-order valence-electron chi connectivity index (χ1n) is 8.87. The Balaban J connectivity index is 1.45. The van der Waals surface area contributed by atoms with Crippen LogP contribution < -0.4 is 14.2 Å². The molecule has 0 atom stereocenters. The molecule has 0 bridgehead atoms. The lowest BCUT2D eigenvalue weighted by atomic mass is 9.96. The maximum atomic E-state index is 5.83. The molecular weight excluding hydrogens is 320 g/mol. The average Bonchev–Trinajstić information content (AvgIpc) is 3.08. The van der Waals surface area contributed by atoms with E-state index >= 15 is 0 Å². The van der Waals surface area contributed by atoms with Crippen molar-refractivity contribution >= 4 is 0 Å². The Morgan fingerprint density at radius 2 is 1.96 bits per heavy atom. The lowest BCUT2D eigenvalue weighted by Crippen LogP contribution is -2.32. The summed E-state index contributed by atoms with van der Waals surface area (Å²) in [5.41, 5.74) is 1.14. The van der Waals surface area contributed by atoms with Crippen LogP contribution in [0.5, 0.6) is 17.2 Å². The van der Waals surface area contributed by atoms with Crippen LogP contribution >= 0.6 is 0 Å². The van der Waals surface area contributed by atoms with Crippen molar-refractivity contribution in [1.82, 2.24) is 20.1 Å². The molecule has 7 heteroatoms. The van der Waals surface area contributed by atoms with Gasteiger partial charge in [-0.3, -0.25) is 10.00 Å². The third kappa shape index (κ3) is 3.56. The predicted molar refractivity (Wildman–Crippen MR) is 92.2 cm³/mol. The molecule has 1 fully saturated rings. The van der Waals surface area contributed by atoms with E-state index in [0.717, 1.165) is 67.5 Å². The van der Waals surface area contributed by atoms with E-state index < -0.39 is 0 Å². The van der Waals surface area contributed by atoms with E-state index in [4.69, 9.17) is 14.2 Å². The van der Waals surface area contributed by atoms with Crippen molar-refractivity contribution < 1.29 is 14.2 Å². The Labute approximate surface area is 147 Å². The molecule has 1 aromatic heterocycles. The van der Waals surface area contributed by atoms with Gasteiger partial charge in [-0.05, 0) is 32.0 Å². The Morgan fingerprint density at radius 3 is 2.64 bits per heavy atom. The van der Waals surface area contributed by atoms with Gasteiger partial charge in [-0.1, -0.05) is 0 Å². The van der Waals surface area contributed by atoms with Crippen LogP contribution in [0.3, 0.4) is 0 Å². The number of rotatable bonds is 4. The molecule has 1 aromatic carbocycles. The summed E-state index contributed by atoms with van der Waals surface area (Å²) in [5.74, 6) is 3.95. The quantitative estimate of drug-likeness (QED) is 0.918. The van der Waals surface area contributed by atoms with Gasteiger partial charge in [-0.25, -0.2) is 4.98 Å². The largest absolute Gasteiger partial charge is 0.496 e. The zero-order valence-corrected chi connectivity index (χ0v) is 14.5. The van der Waals surface area contributed by atoms with E-state index in [2.05, 4.69) is 26.1 Å². The molecule has 3 heterocycles. The standard InChI is InChI=1S/C18H24N4O3/c1-23-15-10-17-16(24-7-2-8-25-17)9-14(15)11-22-5-3-13(4-6-22)18-19-12-20-21-18/h9-10,12-13H,2-8,11H2,1H3,(H,19,20,21). The van der Waals surface area contributed by atoms with Crippen LogP contribution in [0.25, 0.3) is 0 Å². The van der Waals surface area contributed by atoms with Gasteiger partial charge < -0.3 is 14.2 Å². The highest BCUT2D eigenvalue weighted by atomic mass is 16.5. The van der Waals surface area contributed by atoms with Crippen LogP contribution in [0.4, 0.5) is 0 Å². The van der Waals surface area contributed by atoms with Crippen molar-refractivity contribution in [2.45, 2.75) is 31.7 Å². The smallest absolute Gasteiger partial charge is 0.164 e. The number of piperidine rings is 1. The van der Waals surface area contributed by atoms with Gasteiger partial charge in [0, 0.05) is 30.5 Å². The molecule has 0 radical (unpaired) electrons. The van der Waals surface area contributed by atoms with Gasteiger partial charge in [-0.15, -0.1) is 0 Å². The minimum atomic E-state index is 0.476.